The molecule has 1 aromatic heterocycles. The van der Waals surface area contributed by atoms with Crippen LogP contribution in [0.5, 0.6) is 11.5 Å². The van der Waals surface area contributed by atoms with Crippen LogP contribution in [0.4, 0.5) is 4.79 Å². The Morgan fingerprint density at radius 3 is 2.50 bits per heavy atom. The average Bonchev–Trinajstić information content (AvgIpc) is 3.24. The van der Waals surface area contributed by atoms with E-state index in [0.717, 1.165) is 35.4 Å². The minimum absolute atomic E-state index is 0.00757. The summed E-state index contributed by atoms with van der Waals surface area (Å²) in [5.74, 6) is 1.49. The largest absolute Gasteiger partial charge is 0.497 e. The molecule has 0 aliphatic carbocycles. The predicted octanol–water partition coefficient (Wildman–Crippen LogP) is 4.65. The minimum atomic E-state index is -0.132. The van der Waals surface area contributed by atoms with E-state index in [4.69, 9.17) is 9.47 Å². The molecule has 1 aromatic carbocycles. The summed E-state index contributed by atoms with van der Waals surface area (Å²) in [5, 5.41) is 7.44. The molecule has 208 valence electrons. The van der Waals surface area contributed by atoms with E-state index in [-0.39, 0.29) is 17.9 Å². The van der Waals surface area contributed by atoms with Crippen LogP contribution in [-0.2, 0) is 13.6 Å². The van der Waals surface area contributed by atoms with Crippen molar-refractivity contribution in [2.75, 3.05) is 40.4 Å². The Labute approximate surface area is 226 Å². The molecule has 1 atom stereocenters. The lowest BCUT2D eigenvalue weighted by molar-refractivity contribution is 0.0747. The summed E-state index contributed by atoms with van der Waals surface area (Å²) in [7, 11) is 5.12. The smallest absolute Gasteiger partial charge is 0.317 e. The van der Waals surface area contributed by atoms with Gasteiger partial charge in [-0.15, -0.1) is 0 Å². The number of carbonyl (C=O) groups is 2. The summed E-state index contributed by atoms with van der Waals surface area (Å²) in [6.07, 6.45) is 6.46. The molecule has 38 heavy (non-hydrogen) atoms. The Kier molecular flexibility index (Phi) is 10.2. The van der Waals surface area contributed by atoms with Gasteiger partial charge in [-0.3, -0.25) is 9.48 Å². The van der Waals surface area contributed by atoms with Crippen molar-refractivity contribution in [2.45, 2.75) is 59.4 Å². The van der Waals surface area contributed by atoms with E-state index >= 15 is 0 Å². The Morgan fingerprint density at radius 2 is 1.87 bits per heavy atom. The fraction of sp³-hybridized carbons (Fsp3) is 0.552. The van der Waals surface area contributed by atoms with Crippen molar-refractivity contribution in [3.05, 3.63) is 52.4 Å². The molecule has 2 aromatic rings. The van der Waals surface area contributed by atoms with E-state index in [0.29, 0.717) is 50.5 Å². The molecule has 0 saturated heterocycles. The molecule has 1 aliphatic heterocycles. The molecule has 3 amide bonds. The van der Waals surface area contributed by atoms with Crippen LogP contribution < -0.4 is 14.8 Å². The number of carbonyl (C=O) groups excluding carboxylic acids is 2. The fourth-order valence-electron chi connectivity index (χ4n) is 5.18. The number of allylic oxidation sites excluding steroid dienone is 2. The second-order valence-corrected chi connectivity index (χ2v) is 9.99. The summed E-state index contributed by atoms with van der Waals surface area (Å²) in [6, 6.07) is 3.73. The van der Waals surface area contributed by atoms with Gasteiger partial charge >= 0.3 is 6.03 Å². The van der Waals surface area contributed by atoms with Crippen LogP contribution in [0, 0.1) is 6.92 Å². The molecule has 2 heterocycles. The van der Waals surface area contributed by atoms with Crippen LogP contribution in [-0.4, -0.2) is 71.9 Å². The summed E-state index contributed by atoms with van der Waals surface area (Å²) in [4.78, 5) is 30.2. The SMILES string of the molecule is CCN1CCCN(C(=O)c2cn(C)nc2C)CCCC(C)=CC(C)c2c(cc(OC)cc2OC)CNC1=O. The molecule has 9 nitrogen and oxygen atoms in total. The van der Waals surface area contributed by atoms with Crippen molar-refractivity contribution in [1.29, 1.82) is 0 Å². The number of hydrogen-bond acceptors (Lipinski definition) is 5. The first-order valence-corrected chi connectivity index (χ1v) is 13.4. The van der Waals surface area contributed by atoms with Gasteiger partial charge < -0.3 is 24.6 Å². The topological polar surface area (TPSA) is 88.9 Å². The fourth-order valence-corrected chi connectivity index (χ4v) is 5.18. The summed E-state index contributed by atoms with van der Waals surface area (Å²) >= 11 is 0. The predicted molar refractivity (Wildman–Crippen MR) is 149 cm³/mol. The molecule has 3 rings (SSSR count). The van der Waals surface area contributed by atoms with E-state index in [1.54, 1.807) is 30.0 Å². The second-order valence-electron chi connectivity index (χ2n) is 9.99. The summed E-state index contributed by atoms with van der Waals surface area (Å²) < 4.78 is 12.9. The zero-order chi connectivity index (χ0) is 27.8. The van der Waals surface area contributed by atoms with Gasteiger partial charge in [-0.25, -0.2) is 4.79 Å². The molecule has 0 radical (unpaired) electrons. The maximum absolute atomic E-state index is 13.4. The van der Waals surface area contributed by atoms with E-state index < -0.39 is 0 Å². The lowest BCUT2D eigenvalue weighted by Crippen LogP contribution is -2.41. The van der Waals surface area contributed by atoms with Gasteiger partial charge in [0.25, 0.3) is 5.91 Å². The van der Waals surface area contributed by atoms with Crippen LogP contribution in [0.1, 0.15) is 73.1 Å². The zero-order valence-electron chi connectivity index (χ0n) is 24.0. The number of aryl methyl sites for hydroxylation is 2. The molecule has 0 bridgehead atoms. The number of hydrogen-bond donors (Lipinski definition) is 1. The second kappa shape index (κ2) is 13.3. The molecule has 0 spiro atoms. The molecule has 0 fully saturated rings. The number of rotatable bonds is 4. The van der Waals surface area contributed by atoms with Crippen LogP contribution in [0.15, 0.2) is 30.0 Å². The Balaban J connectivity index is 1.93. The van der Waals surface area contributed by atoms with Crippen LogP contribution in [0.2, 0.25) is 0 Å². The monoisotopic (exact) mass is 525 g/mol. The van der Waals surface area contributed by atoms with Gasteiger partial charge in [0.1, 0.15) is 11.5 Å². The standard InChI is InChI=1S/C29H43N5O4/c1-8-33-13-10-14-34(28(35)25-19-32(5)31-22(25)4)12-9-11-20(2)15-21(3)27-23(18-30-29(33)36)16-24(37-6)17-26(27)38-7/h15-17,19,21H,8-14,18H2,1-7H3,(H,30,36). The van der Waals surface area contributed by atoms with E-state index in [1.165, 1.54) is 5.57 Å². The maximum atomic E-state index is 13.4. The quantitative estimate of drug-likeness (QED) is 0.587. The van der Waals surface area contributed by atoms with Crippen molar-refractivity contribution >= 4 is 11.9 Å². The van der Waals surface area contributed by atoms with Crippen molar-refractivity contribution in [2.24, 2.45) is 7.05 Å². The number of urea groups is 1. The van der Waals surface area contributed by atoms with Gasteiger partial charge in [0.15, 0.2) is 0 Å². The number of methoxy groups -OCH3 is 2. The molecular formula is C29H43N5O4. The summed E-state index contributed by atoms with van der Waals surface area (Å²) in [6.45, 7) is 10.8. The minimum Gasteiger partial charge on any atom is -0.497 e. The number of amides is 3. The lowest BCUT2D eigenvalue weighted by Gasteiger charge is -2.27. The molecule has 1 aliphatic rings. The number of aromatic nitrogens is 2. The number of nitrogens with one attached hydrogen (secondary N) is 1. The van der Waals surface area contributed by atoms with Gasteiger partial charge in [-0.2, -0.15) is 5.10 Å². The van der Waals surface area contributed by atoms with Crippen molar-refractivity contribution in [3.63, 3.8) is 0 Å². The number of benzene rings is 1. The van der Waals surface area contributed by atoms with Gasteiger partial charge in [0, 0.05) is 63.5 Å². The zero-order valence-corrected chi connectivity index (χ0v) is 24.0. The third kappa shape index (κ3) is 7.08. The summed E-state index contributed by atoms with van der Waals surface area (Å²) in [5.41, 5.74) is 4.62. The highest BCUT2D eigenvalue weighted by Crippen LogP contribution is 2.36. The van der Waals surface area contributed by atoms with Gasteiger partial charge in [0.05, 0.1) is 25.5 Å². The van der Waals surface area contributed by atoms with Gasteiger partial charge in [-0.1, -0.05) is 18.6 Å². The first-order valence-electron chi connectivity index (χ1n) is 13.4. The van der Waals surface area contributed by atoms with E-state index in [2.05, 4.69) is 30.3 Å². The average molecular weight is 526 g/mol. The Morgan fingerprint density at radius 1 is 1.13 bits per heavy atom. The Hall–Kier alpha value is -3.49. The first-order chi connectivity index (χ1) is 18.2. The van der Waals surface area contributed by atoms with Crippen LogP contribution in [0.3, 0.4) is 0 Å². The molecule has 1 N–H and O–H groups in total. The van der Waals surface area contributed by atoms with Gasteiger partial charge in [0.2, 0.25) is 0 Å². The first kappa shape index (κ1) is 29.1. The van der Waals surface area contributed by atoms with Gasteiger partial charge in [-0.05, 0) is 51.7 Å². The van der Waals surface area contributed by atoms with Crippen LogP contribution >= 0.6 is 0 Å². The maximum Gasteiger partial charge on any atom is 0.317 e. The Bertz CT molecular complexity index is 1160. The highest BCUT2D eigenvalue weighted by atomic mass is 16.5. The molecule has 1 unspecified atom stereocenters. The number of nitrogens with zero attached hydrogens (tertiary/aromatic N) is 4. The third-order valence-electron chi connectivity index (χ3n) is 7.13. The van der Waals surface area contributed by atoms with Crippen molar-refractivity contribution in [3.8, 4) is 11.5 Å². The number of fused-ring (bicyclic) bond motifs is 1. The van der Waals surface area contributed by atoms with Crippen LogP contribution in [0.25, 0.3) is 0 Å². The van der Waals surface area contributed by atoms with E-state index in [9.17, 15) is 9.59 Å². The highest BCUT2D eigenvalue weighted by molar-refractivity contribution is 5.95. The molecule has 0 saturated carbocycles. The van der Waals surface area contributed by atoms with E-state index in [1.807, 2.05) is 37.9 Å². The lowest BCUT2D eigenvalue weighted by atomic mass is 9.91. The highest BCUT2D eigenvalue weighted by Gasteiger charge is 2.22. The number of ether oxygens (including phenoxy) is 2. The molecule has 9 heteroatoms. The molecular weight excluding hydrogens is 482 g/mol. The normalized spacial score (nSPS) is 17.9. The van der Waals surface area contributed by atoms with Crippen molar-refractivity contribution < 1.29 is 19.1 Å². The van der Waals surface area contributed by atoms with Crippen molar-refractivity contribution in [1.82, 2.24) is 24.9 Å². The third-order valence-corrected chi connectivity index (χ3v) is 7.13.